The van der Waals surface area contributed by atoms with Gasteiger partial charge < -0.3 is 5.32 Å². The monoisotopic (exact) mass is 299 g/mol. The molecule has 0 saturated heterocycles. The van der Waals surface area contributed by atoms with Gasteiger partial charge in [-0.05, 0) is 43.7 Å². The third-order valence-corrected chi connectivity index (χ3v) is 4.23. The van der Waals surface area contributed by atoms with Crippen LogP contribution in [0.25, 0.3) is 0 Å². The van der Waals surface area contributed by atoms with E-state index in [-0.39, 0.29) is 11.9 Å². The van der Waals surface area contributed by atoms with Crippen LogP contribution in [0.2, 0.25) is 0 Å². The summed E-state index contributed by atoms with van der Waals surface area (Å²) in [6.45, 7) is 2.06. The van der Waals surface area contributed by atoms with E-state index in [0.29, 0.717) is 0 Å². The Labute approximate surface area is 131 Å². The molecule has 0 aliphatic heterocycles. The van der Waals surface area contributed by atoms with Crippen molar-refractivity contribution in [3.63, 3.8) is 0 Å². The predicted molar refractivity (Wildman–Crippen MR) is 89.9 cm³/mol. The SMILES string of the molecule is CSc1ccccc1C(=O)NC(C)CCc1ccccc1. The highest BCUT2D eigenvalue weighted by atomic mass is 32.2. The van der Waals surface area contributed by atoms with Crippen LogP contribution in [-0.4, -0.2) is 18.2 Å². The van der Waals surface area contributed by atoms with E-state index in [2.05, 4.69) is 24.4 Å². The van der Waals surface area contributed by atoms with Crippen LogP contribution in [0.3, 0.4) is 0 Å². The molecule has 1 N–H and O–H groups in total. The third kappa shape index (κ3) is 4.64. The maximum Gasteiger partial charge on any atom is 0.252 e. The van der Waals surface area contributed by atoms with E-state index < -0.39 is 0 Å². The van der Waals surface area contributed by atoms with Gasteiger partial charge in [0.05, 0.1) is 5.56 Å². The molecule has 2 aromatic carbocycles. The minimum absolute atomic E-state index is 0.0144. The molecule has 1 amide bonds. The lowest BCUT2D eigenvalue weighted by Crippen LogP contribution is -2.33. The van der Waals surface area contributed by atoms with Gasteiger partial charge >= 0.3 is 0 Å². The van der Waals surface area contributed by atoms with E-state index in [4.69, 9.17) is 0 Å². The van der Waals surface area contributed by atoms with Crippen molar-refractivity contribution in [2.24, 2.45) is 0 Å². The molecule has 1 atom stereocenters. The summed E-state index contributed by atoms with van der Waals surface area (Å²) in [6.07, 6.45) is 3.91. The number of carbonyl (C=O) groups is 1. The van der Waals surface area contributed by atoms with Gasteiger partial charge in [0.2, 0.25) is 0 Å². The Hall–Kier alpha value is -1.74. The van der Waals surface area contributed by atoms with Gasteiger partial charge in [0, 0.05) is 10.9 Å². The zero-order chi connectivity index (χ0) is 15.1. The summed E-state index contributed by atoms with van der Waals surface area (Å²) in [5.74, 6) is 0.0144. The fourth-order valence-electron chi connectivity index (χ4n) is 2.23. The van der Waals surface area contributed by atoms with Crippen LogP contribution in [0, 0.1) is 0 Å². The molecule has 0 aromatic heterocycles. The highest BCUT2D eigenvalue weighted by Crippen LogP contribution is 2.19. The second-order valence-corrected chi connectivity index (χ2v) is 5.95. The van der Waals surface area contributed by atoms with E-state index in [0.717, 1.165) is 23.3 Å². The second kappa shape index (κ2) is 7.89. The maximum atomic E-state index is 12.3. The van der Waals surface area contributed by atoms with Crippen LogP contribution in [0.4, 0.5) is 0 Å². The van der Waals surface area contributed by atoms with Crippen molar-refractivity contribution >= 4 is 17.7 Å². The second-order valence-electron chi connectivity index (χ2n) is 5.10. The van der Waals surface area contributed by atoms with Crippen molar-refractivity contribution in [1.82, 2.24) is 5.32 Å². The summed E-state index contributed by atoms with van der Waals surface area (Å²) < 4.78 is 0. The lowest BCUT2D eigenvalue weighted by atomic mass is 10.1. The topological polar surface area (TPSA) is 29.1 Å². The first-order valence-corrected chi connectivity index (χ1v) is 8.41. The summed E-state index contributed by atoms with van der Waals surface area (Å²) in [5.41, 5.74) is 2.07. The molecule has 0 aliphatic carbocycles. The molecule has 1 unspecified atom stereocenters. The molecule has 110 valence electrons. The minimum Gasteiger partial charge on any atom is -0.350 e. The van der Waals surface area contributed by atoms with Crippen molar-refractivity contribution in [1.29, 1.82) is 0 Å². The van der Waals surface area contributed by atoms with Gasteiger partial charge in [-0.15, -0.1) is 11.8 Å². The Morgan fingerprint density at radius 2 is 1.76 bits per heavy atom. The molecule has 21 heavy (non-hydrogen) atoms. The zero-order valence-electron chi connectivity index (χ0n) is 12.5. The fraction of sp³-hybridized carbons (Fsp3) is 0.278. The van der Waals surface area contributed by atoms with Gasteiger partial charge in [0.25, 0.3) is 5.91 Å². The number of benzene rings is 2. The standard InChI is InChI=1S/C18H21NOS/c1-14(12-13-15-8-4-3-5-9-15)19-18(20)16-10-6-7-11-17(16)21-2/h3-11,14H,12-13H2,1-2H3,(H,19,20). The molecular weight excluding hydrogens is 278 g/mol. The molecule has 0 heterocycles. The fourth-order valence-corrected chi connectivity index (χ4v) is 2.83. The zero-order valence-corrected chi connectivity index (χ0v) is 13.3. The molecule has 0 bridgehead atoms. The largest absolute Gasteiger partial charge is 0.350 e. The average molecular weight is 299 g/mol. The molecular formula is C18H21NOS. The number of rotatable bonds is 6. The van der Waals surface area contributed by atoms with Crippen LogP contribution < -0.4 is 5.32 Å². The summed E-state index contributed by atoms with van der Waals surface area (Å²) in [6, 6.07) is 18.3. The molecule has 3 heteroatoms. The van der Waals surface area contributed by atoms with Crippen molar-refractivity contribution in [2.45, 2.75) is 30.7 Å². The van der Waals surface area contributed by atoms with Gasteiger partial charge in [-0.1, -0.05) is 42.5 Å². The Morgan fingerprint density at radius 3 is 2.48 bits per heavy atom. The smallest absolute Gasteiger partial charge is 0.252 e. The van der Waals surface area contributed by atoms with Crippen molar-refractivity contribution < 1.29 is 4.79 Å². The number of thioether (sulfide) groups is 1. The molecule has 2 rings (SSSR count). The molecule has 0 spiro atoms. The quantitative estimate of drug-likeness (QED) is 0.812. The van der Waals surface area contributed by atoms with E-state index in [9.17, 15) is 4.79 Å². The molecule has 2 aromatic rings. The lowest BCUT2D eigenvalue weighted by Gasteiger charge is -2.15. The van der Waals surface area contributed by atoms with Crippen molar-refractivity contribution in [2.75, 3.05) is 6.26 Å². The minimum atomic E-state index is 0.0144. The van der Waals surface area contributed by atoms with E-state index >= 15 is 0 Å². The van der Waals surface area contributed by atoms with Crippen LogP contribution in [0.1, 0.15) is 29.3 Å². The van der Waals surface area contributed by atoms with Crippen LogP contribution in [0.5, 0.6) is 0 Å². The molecule has 0 aliphatic rings. The van der Waals surface area contributed by atoms with E-state index in [1.54, 1.807) is 11.8 Å². The van der Waals surface area contributed by atoms with Gasteiger partial charge in [-0.25, -0.2) is 0 Å². The van der Waals surface area contributed by atoms with Crippen molar-refractivity contribution in [3.8, 4) is 0 Å². The van der Waals surface area contributed by atoms with Crippen LogP contribution >= 0.6 is 11.8 Å². The van der Waals surface area contributed by atoms with Gasteiger partial charge in [-0.2, -0.15) is 0 Å². The number of hydrogen-bond acceptors (Lipinski definition) is 2. The number of aryl methyl sites for hydroxylation is 1. The Bertz CT molecular complexity index is 583. The van der Waals surface area contributed by atoms with E-state index in [1.165, 1.54) is 5.56 Å². The van der Waals surface area contributed by atoms with Gasteiger partial charge in [0.15, 0.2) is 0 Å². The summed E-state index contributed by atoms with van der Waals surface area (Å²) in [5, 5.41) is 3.09. The first-order chi connectivity index (χ1) is 10.2. The van der Waals surface area contributed by atoms with Crippen LogP contribution in [0.15, 0.2) is 59.5 Å². The van der Waals surface area contributed by atoms with Gasteiger partial charge in [-0.3, -0.25) is 4.79 Å². The Morgan fingerprint density at radius 1 is 1.10 bits per heavy atom. The Balaban J connectivity index is 1.90. The average Bonchev–Trinajstić information content (AvgIpc) is 2.53. The number of amides is 1. The molecule has 2 nitrogen and oxygen atoms in total. The first-order valence-electron chi connectivity index (χ1n) is 7.18. The lowest BCUT2D eigenvalue weighted by molar-refractivity contribution is 0.0935. The summed E-state index contributed by atoms with van der Waals surface area (Å²) in [4.78, 5) is 13.3. The highest BCUT2D eigenvalue weighted by molar-refractivity contribution is 7.98. The number of hydrogen-bond donors (Lipinski definition) is 1. The number of nitrogens with one attached hydrogen (secondary N) is 1. The van der Waals surface area contributed by atoms with E-state index in [1.807, 2.05) is 48.7 Å². The summed E-state index contributed by atoms with van der Waals surface area (Å²) >= 11 is 1.60. The highest BCUT2D eigenvalue weighted by Gasteiger charge is 2.12. The Kier molecular flexibility index (Phi) is 5.88. The normalized spacial score (nSPS) is 11.9. The van der Waals surface area contributed by atoms with Crippen molar-refractivity contribution in [3.05, 3.63) is 65.7 Å². The van der Waals surface area contributed by atoms with Gasteiger partial charge in [0.1, 0.15) is 0 Å². The third-order valence-electron chi connectivity index (χ3n) is 3.44. The summed E-state index contributed by atoms with van der Waals surface area (Å²) in [7, 11) is 0. The molecule has 0 radical (unpaired) electrons. The maximum absolute atomic E-state index is 12.3. The molecule has 0 saturated carbocycles. The number of carbonyl (C=O) groups excluding carboxylic acids is 1. The molecule has 0 fully saturated rings. The predicted octanol–water partition coefficient (Wildman–Crippen LogP) is 4.16. The first kappa shape index (κ1) is 15.6. The van der Waals surface area contributed by atoms with Crippen LogP contribution in [-0.2, 0) is 6.42 Å².